The Hall–Kier alpha value is -2.17. The molecule has 0 spiro atoms. The van der Waals surface area contributed by atoms with Gasteiger partial charge in [0.1, 0.15) is 5.82 Å². The van der Waals surface area contributed by atoms with E-state index in [4.69, 9.17) is 0 Å². The quantitative estimate of drug-likeness (QED) is 0.903. The Morgan fingerprint density at radius 2 is 2.00 bits per heavy atom. The van der Waals surface area contributed by atoms with E-state index in [9.17, 15) is 9.18 Å². The third-order valence-corrected chi connectivity index (χ3v) is 3.17. The first kappa shape index (κ1) is 13.3. The van der Waals surface area contributed by atoms with Crippen molar-refractivity contribution in [3.63, 3.8) is 0 Å². The fourth-order valence-electron chi connectivity index (χ4n) is 1.97. The van der Waals surface area contributed by atoms with E-state index in [0.29, 0.717) is 22.5 Å². The van der Waals surface area contributed by atoms with Gasteiger partial charge in [-0.3, -0.25) is 9.48 Å². The molecule has 1 heterocycles. The molecule has 0 aliphatic heterocycles. The molecule has 0 radical (unpaired) electrons. The van der Waals surface area contributed by atoms with Gasteiger partial charge in [0.05, 0.1) is 11.3 Å². The summed E-state index contributed by atoms with van der Waals surface area (Å²) in [5.41, 5.74) is 2.96. The molecule has 100 valence electrons. The number of nitrogens with zero attached hydrogens (tertiary/aromatic N) is 2. The summed E-state index contributed by atoms with van der Waals surface area (Å²) < 4.78 is 15.1. The van der Waals surface area contributed by atoms with Gasteiger partial charge in [0.15, 0.2) is 0 Å². The number of aryl methyl sites for hydroxylation is 3. The van der Waals surface area contributed by atoms with Gasteiger partial charge >= 0.3 is 0 Å². The molecule has 1 aromatic carbocycles. The van der Waals surface area contributed by atoms with Crippen LogP contribution in [0.3, 0.4) is 0 Å². The maximum atomic E-state index is 13.4. The average Bonchev–Trinajstić information content (AvgIpc) is 2.58. The van der Waals surface area contributed by atoms with Gasteiger partial charge in [-0.25, -0.2) is 4.39 Å². The predicted octanol–water partition coefficient (Wildman–Crippen LogP) is 2.74. The van der Waals surface area contributed by atoms with Crippen molar-refractivity contribution in [1.29, 1.82) is 0 Å². The maximum Gasteiger partial charge on any atom is 0.259 e. The number of benzene rings is 1. The molecule has 2 aromatic rings. The predicted molar refractivity (Wildman–Crippen MR) is 71.8 cm³/mol. The largest absolute Gasteiger partial charge is 0.322 e. The van der Waals surface area contributed by atoms with Crippen LogP contribution in [0.1, 0.15) is 27.3 Å². The molecule has 0 bridgehead atoms. The second-order valence-electron chi connectivity index (χ2n) is 4.59. The summed E-state index contributed by atoms with van der Waals surface area (Å²) in [6.45, 7) is 5.28. The van der Waals surface area contributed by atoms with Crippen molar-refractivity contribution >= 4 is 11.6 Å². The number of aromatic nitrogens is 2. The lowest BCUT2D eigenvalue weighted by Crippen LogP contribution is -2.14. The molecule has 0 fully saturated rings. The Morgan fingerprint density at radius 3 is 2.53 bits per heavy atom. The molecular weight excluding hydrogens is 245 g/mol. The van der Waals surface area contributed by atoms with E-state index in [2.05, 4.69) is 10.4 Å². The summed E-state index contributed by atoms with van der Waals surface area (Å²) in [5.74, 6) is -0.608. The highest BCUT2D eigenvalue weighted by atomic mass is 19.1. The van der Waals surface area contributed by atoms with Crippen molar-refractivity contribution in [2.24, 2.45) is 7.05 Å². The monoisotopic (exact) mass is 261 g/mol. The number of amides is 1. The van der Waals surface area contributed by atoms with E-state index in [1.165, 1.54) is 6.07 Å². The number of halogens is 1. The highest BCUT2D eigenvalue weighted by molar-refractivity contribution is 6.05. The van der Waals surface area contributed by atoms with Gasteiger partial charge in [-0.15, -0.1) is 0 Å². The summed E-state index contributed by atoms with van der Waals surface area (Å²) in [7, 11) is 1.78. The number of carbonyl (C=O) groups excluding carboxylic acids is 1. The Kier molecular flexibility index (Phi) is 3.38. The molecule has 1 aromatic heterocycles. The van der Waals surface area contributed by atoms with Crippen molar-refractivity contribution in [2.75, 3.05) is 5.32 Å². The van der Waals surface area contributed by atoms with Crippen LogP contribution in [0.5, 0.6) is 0 Å². The zero-order valence-corrected chi connectivity index (χ0v) is 11.4. The highest BCUT2D eigenvalue weighted by Crippen LogP contribution is 2.17. The van der Waals surface area contributed by atoms with Crippen LogP contribution in [0.25, 0.3) is 0 Å². The first-order valence-corrected chi connectivity index (χ1v) is 5.98. The molecule has 0 aliphatic rings. The van der Waals surface area contributed by atoms with E-state index in [-0.39, 0.29) is 11.7 Å². The molecule has 1 amide bonds. The molecular formula is C14H16FN3O. The first-order valence-electron chi connectivity index (χ1n) is 5.98. The molecule has 0 unspecified atom stereocenters. The summed E-state index contributed by atoms with van der Waals surface area (Å²) >= 11 is 0. The number of rotatable bonds is 2. The van der Waals surface area contributed by atoms with Crippen LogP contribution in [0.2, 0.25) is 0 Å². The summed E-state index contributed by atoms with van der Waals surface area (Å²) in [6, 6.07) is 4.62. The van der Waals surface area contributed by atoms with Crippen molar-refractivity contribution in [3.05, 3.63) is 46.5 Å². The second-order valence-corrected chi connectivity index (χ2v) is 4.59. The van der Waals surface area contributed by atoms with Crippen LogP contribution in [0.15, 0.2) is 18.2 Å². The lowest BCUT2D eigenvalue weighted by molar-refractivity contribution is 0.102. The third-order valence-electron chi connectivity index (χ3n) is 3.17. The van der Waals surface area contributed by atoms with Gasteiger partial charge < -0.3 is 5.32 Å². The fraction of sp³-hybridized carbons (Fsp3) is 0.286. The van der Waals surface area contributed by atoms with E-state index in [0.717, 1.165) is 5.69 Å². The lowest BCUT2D eigenvalue weighted by atomic mass is 10.1. The Labute approximate surface area is 111 Å². The van der Waals surface area contributed by atoms with Gasteiger partial charge in [0.2, 0.25) is 0 Å². The Bertz CT molecular complexity index is 646. The molecule has 2 rings (SSSR count). The number of hydrogen-bond acceptors (Lipinski definition) is 2. The van der Waals surface area contributed by atoms with Crippen molar-refractivity contribution < 1.29 is 9.18 Å². The molecule has 4 nitrogen and oxygen atoms in total. The van der Waals surface area contributed by atoms with Gasteiger partial charge in [0, 0.05) is 18.4 Å². The van der Waals surface area contributed by atoms with Crippen LogP contribution < -0.4 is 5.32 Å². The van der Waals surface area contributed by atoms with Crippen molar-refractivity contribution in [1.82, 2.24) is 9.78 Å². The van der Waals surface area contributed by atoms with E-state index in [1.807, 2.05) is 6.92 Å². The summed E-state index contributed by atoms with van der Waals surface area (Å²) in [5, 5.41) is 6.88. The minimum atomic E-state index is -0.336. The number of anilines is 1. The van der Waals surface area contributed by atoms with Crippen LogP contribution in [0.4, 0.5) is 10.1 Å². The number of nitrogens with one attached hydrogen (secondary N) is 1. The third kappa shape index (κ3) is 2.50. The zero-order valence-electron chi connectivity index (χ0n) is 11.4. The second kappa shape index (κ2) is 4.84. The molecule has 0 saturated heterocycles. The maximum absolute atomic E-state index is 13.4. The Balaban J connectivity index is 2.28. The van der Waals surface area contributed by atoms with Crippen molar-refractivity contribution in [3.8, 4) is 0 Å². The normalized spacial score (nSPS) is 10.6. The SMILES string of the molecule is Cc1ccc(NC(=O)c2c(C)nn(C)c2C)cc1F. The summed E-state index contributed by atoms with van der Waals surface area (Å²) in [4.78, 5) is 12.2. The van der Waals surface area contributed by atoms with E-state index in [1.54, 1.807) is 37.7 Å². The van der Waals surface area contributed by atoms with Crippen LogP contribution in [-0.2, 0) is 7.05 Å². The smallest absolute Gasteiger partial charge is 0.259 e. The van der Waals surface area contributed by atoms with Gasteiger partial charge in [-0.1, -0.05) is 6.07 Å². The lowest BCUT2D eigenvalue weighted by Gasteiger charge is -2.06. The number of carbonyl (C=O) groups is 1. The molecule has 0 aliphatic carbocycles. The fourth-order valence-corrected chi connectivity index (χ4v) is 1.97. The molecule has 0 saturated carbocycles. The summed E-state index contributed by atoms with van der Waals surface area (Å²) in [6.07, 6.45) is 0. The topological polar surface area (TPSA) is 46.9 Å². The molecule has 1 N–H and O–H groups in total. The zero-order chi connectivity index (χ0) is 14.2. The van der Waals surface area contributed by atoms with Crippen LogP contribution in [0, 0.1) is 26.6 Å². The number of hydrogen-bond donors (Lipinski definition) is 1. The average molecular weight is 261 g/mol. The highest BCUT2D eigenvalue weighted by Gasteiger charge is 2.17. The van der Waals surface area contributed by atoms with Crippen molar-refractivity contribution in [2.45, 2.75) is 20.8 Å². The Morgan fingerprint density at radius 1 is 1.32 bits per heavy atom. The standard InChI is InChI=1S/C14H16FN3O/c1-8-5-6-11(7-12(8)15)16-14(19)13-9(2)17-18(4)10(13)3/h5-7H,1-4H3,(H,16,19). The minimum Gasteiger partial charge on any atom is -0.322 e. The molecule has 19 heavy (non-hydrogen) atoms. The van der Waals surface area contributed by atoms with Gasteiger partial charge in [-0.2, -0.15) is 5.10 Å². The minimum absolute atomic E-state index is 0.272. The van der Waals surface area contributed by atoms with Gasteiger partial charge in [-0.05, 0) is 38.5 Å². The van der Waals surface area contributed by atoms with Crippen LogP contribution >= 0.6 is 0 Å². The van der Waals surface area contributed by atoms with Crippen LogP contribution in [-0.4, -0.2) is 15.7 Å². The first-order chi connectivity index (χ1) is 8.90. The van der Waals surface area contributed by atoms with E-state index < -0.39 is 0 Å². The van der Waals surface area contributed by atoms with Gasteiger partial charge in [0.25, 0.3) is 5.91 Å². The molecule has 0 atom stereocenters. The molecule has 5 heteroatoms. The van der Waals surface area contributed by atoms with E-state index >= 15 is 0 Å².